The summed E-state index contributed by atoms with van der Waals surface area (Å²) < 4.78 is 5.49. The molecule has 0 bridgehead atoms. The van der Waals surface area contributed by atoms with Crippen molar-refractivity contribution in [3.05, 3.63) is 23.5 Å². The maximum absolute atomic E-state index is 5.49. The van der Waals surface area contributed by atoms with Gasteiger partial charge in [-0.25, -0.2) is 0 Å². The summed E-state index contributed by atoms with van der Waals surface area (Å²) in [5, 5.41) is 3.20. The van der Waals surface area contributed by atoms with Gasteiger partial charge in [-0.05, 0) is 27.0 Å². The third kappa shape index (κ3) is 2.76. The molecule has 2 rings (SSSR count). The van der Waals surface area contributed by atoms with Crippen LogP contribution in [0, 0.1) is 6.92 Å². The fourth-order valence-electron chi connectivity index (χ4n) is 2.25. The molecule has 1 aromatic rings. The molecule has 0 radical (unpaired) electrons. The van der Waals surface area contributed by atoms with Crippen molar-refractivity contribution in [3.8, 4) is 0 Å². The van der Waals surface area contributed by atoms with Crippen LogP contribution in [0.2, 0.25) is 0 Å². The van der Waals surface area contributed by atoms with Crippen LogP contribution in [-0.2, 0) is 11.3 Å². The van der Waals surface area contributed by atoms with Crippen LogP contribution in [0.15, 0.2) is 12.3 Å². The number of nitrogens with zero attached hydrogens (tertiary/aromatic N) is 2. The molecule has 1 aliphatic heterocycles. The Bertz CT molecular complexity index is 381. The second-order valence-electron chi connectivity index (χ2n) is 4.60. The van der Waals surface area contributed by atoms with Gasteiger partial charge in [-0.15, -0.1) is 0 Å². The summed E-state index contributed by atoms with van der Waals surface area (Å²) >= 11 is 0. The first kappa shape index (κ1) is 12.3. The van der Waals surface area contributed by atoms with E-state index in [1.807, 2.05) is 20.2 Å². The predicted molar refractivity (Wildman–Crippen MR) is 69.4 cm³/mol. The lowest BCUT2D eigenvalue weighted by Gasteiger charge is -2.36. The first-order valence-electron chi connectivity index (χ1n) is 6.17. The van der Waals surface area contributed by atoms with Crippen LogP contribution in [0.25, 0.3) is 0 Å². The molecule has 1 N–H and O–H groups in total. The fourth-order valence-corrected chi connectivity index (χ4v) is 2.25. The van der Waals surface area contributed by atoms with Crippen molar-refractivity contribution < 1.29 is 4.74 Å². The number of anilines is 1. The van der Waals surface area contributed by atoms with Gasteiger partial charge >= 0.3 is 0 Å². The minimum absolute atomic E-state index is 0.432. The Kier molecular flexibility index (Phi) is 3.97. The maximum atomic E-state index is 5.49. The van der Waals surface area contributed by atoms with Crippen molar-refractivity contribution in [2.45, 2.75) is 26.4 Å². The monoisotopic (exact) mass is 235 g/mol. The molecular weight excluding hydrogens is 214 g/mol. The lowest BCUT2D eigenvalue weighted by Crippen LogP contribution is -2.44. The lowest BCUT2D eigenvalue weighted by molar-refractivity contribution is 0.0988. The van der Waals surface area contributed by atoms with Gasteiger partial charge in [0.2, 0.25) is 0 Å². The van der Waals surface area contributed by atoms with Crippen molar-refractivity contribution >= 4 is 5.69 Å². The molecule has 17 heavy (non-hydrogen) atoms. The van der Waals surface area contributed by atoms with Crippen molar-refractivity contribution in [1.29, 1.82) is 0 Å². The van der Waals surface area contributed by atoms with Gasteiger partial charge in [0.25, 0.3) is 0 Å². The van der Waals surface area contributed by atoms with Crippen LogP contribution in [0.5, 0.6) is 0 Å². The molecule has 2 heterocycles. The molecule has 94 valence electrons. The lowest BCUT2D eigenvalue weighted by atomic mass is 10.1. The smallest absolute Gasteiger partial charge is 0.0668 e. The zero-order valence-corrected chi connectivity index (χ0v) is 10.9. The molecule has 4 nitrogen and oxygen atoms in total. The Morgan fingerprint density at radius 2 is 2.41 bits per heavy atom. The zero-order valence-electron chi connectivity index (χ0n) is 10.9. The molecule has 0 saturated carbocycles. The molecule has 0 aromatic carbocycles. The number of morpholine rings is 1. The number of nitrogens with one attached hydrogen (secondary N) is 1. The Morgan fingerprint density at radius 1 is 1.59 bits per heavy atom. The number of ether oxygens (including phenoxy) is 1. The van der Waals surface area contributed by atoms with Gasteiger partial charge < -0.3 is 15.0 Å². The summed E-state index contributed by atoms with van der Waals surface area (Å²) in [7, 11) is 1.96. The molecule has 1 atom stereocenters. The summed E-state index contributed by atoms with van der Waals surface area (Å²) in [6.07, 6.45) is 1.98. The summed E-state index contributed by atoms with van der Waals surface area (Å²) in [6, 6.07) is 2.61. The van der Waals surface area contributed by atoms with Gasteiger partial charge in [0.15, 0.2) is 0 Å². The average Bonchev–Trinajstić information content (AvgIpc) is 2.32. The van der Waals surface area contributed by atoms with Crippen LogP contribution in [-0.4, -0.2) is 37.8 Å². The summed E-state index contributed by atoms with van der Waals surface area (Å²) in [4.78, 5) is 6.80. The number of aryl methyl sites for hydroxylation is 1. The van der Waals surface area contributed by atoms with E-state index in [2.05, 4.69) is 28.2 Å². The molecule has 1 saturated heterocycles. The molecular formula is C13H21N3O. The standard InChI is InChI=1S/C13H21N3O/c1-10-6-13(12(7-14-3)8-15-10)16-4-5-17-9-11(16)2/h6,8,11,14H,4-5,7,9H2,1-3H3. The predicted octanol–water partition coefficient (Wildman–Crippen LogP) is 1.33. The van der Waals surface area contributed by atoms with Gasteiger partial charge in [-0.3, -0.25) is 4.98 Å². The van der Waals surface area contributed by atoms with Crippen LogP contribution in [0.3, 0.4) is 0 Å². The number of rotatable bonds is 3. The van der Waals surface area contributed by atoms with Crippen molar-refractivity contribution in [3.63, 3.8) is 0 Å². The fraction of sp³-hybridized carbons (Fsp3) is 0.615. The van der Waals surface area contributed by atoms with E-state index in [9.17, 15) is 0 Å². The molecule has 1 aliphatic rings. The highest BCUT2D eigenvalue weighted by atomic mass is 16.5. The second-order valence-corrected chi connectivity index (χ2v) is 4.60. The minimum atomic E-state index is 0.432. The molecule has 0 amide bonds. The van der Waals surface area contributed by atoms with E-state index in [-0.39, 0.29) is 0 Å². The van der Waals surface area contributed by atoms with Gasteiger partial charge in [0.1, 0.15) is 0 Å². The van der Waals surface area contributed by atoms with Crippen molar-refractivity contribution in [2.75, 3.05) is 31.7 Å². The second kappa shape index (κ2) is 5.47. The Hall–Kier alpha value is -1.13. The summed E-state index contributed by atoms with van der Waals surface area (Å²) in [5.74, 6) is 0. The SMILES string of the molecule is CNCc1cnc(C)cc1N1CCOCC1C. The van der Waals surface area contributed by atoms with Crippen LogP contribution >= 0.6 is 0 Å². The van der Waals surface area contributed by atoms with E-state index in [0.717, 1.165) is 32.0 Å². The molecule has 1 fully saturated rings. The van der Waals surface area contributed by atoms with Gasteiger partial charge in [0, 0.05) is 42.3 Å². The minimum Gasteiger partial charge on any atom is -0.377 e. The largest absolute Gasteiger partial charge is 0.377 e. The quantitative estimate of drug-likeness (QED) is 0.858. The Morgan fingerprint density at radius 3 is 3.12 bits per heavy atom. The third-order valence-corrected chi connectivity index (χ3v) is 3.14. The number of hydrogen-bond donors (Lipinski definition) is 1. The first-order chi connectivity index (χ1) is 8.22. The topological polar surface area (TPSA) is 37.4 Å². The van der Waals surface area contributed by atoms with Gasteiger partial charge in [-0.2, -0.15) is 0 Å². The van der Waals surface area contributed by atoms with Gasteiger partial charge in [0.05, 0.1) is 13.2 Å². The van der Waals surface area contributed by atoms with E-state index in [1.165, 1.54) is 11.3 Å². The zero-order chi connectivity index (χ0) is 12.3. The molecule has 1 aromatic heterocycles. The van der Waals surface area contributed by atoms with E-state index < -0.39 is 0 Å². The summed E-state index contributed by atoms with van der Waals surface area (Å²) in [5.41, 5.74) is 3.62. The van der Waals surface area contributed by atoms with E-state index in [1.54, 1.807) is 0 Å². The molecule has 1 unspecified atom stereocenters. The number of aromatic nitrogens is 1. The van der Waals surface area contributed by atoms with Gasteiger partial charge in [-0.1, -0.05) is 0 Å². The summed E-state index contributed by atoms with van der Waals surface area (Å²) in [6.45, 7) is 7.68. The Labute approximate surface area is 103 Å². The molecule has 0 spiro atoms. The van der Waals surface area contributed by atoms with Crippen molar-refractivity contribution in [1.82, 2.24) is 10.3 Å². The van der Waals surface area contributed by atoms with E-state index in [0.29, 0.717) is 6.04 Å². The van der Waals surface area contributed by atoms with E-state index in [4.69, 9.17) is 4.74 Å². The molecule has 4 heteroatoms. The average molecular weight is 235 g/mol. The number of hydrogen-bond acceptors (Lipinski definition) is 4. The third-order valence-electron chi connectivity index (χ3n) is 3.14. The van der Waals surface area contributed by atoms with Crippen LogP contribution in [0.1, 0.15) is 18.2 Å². The molecule has 0 aliphatic carbocycles. The Balaban J connectivity index is 2.30. The number of pyridine rings is 1. The van der Waals surface area contributed by atoms with E-state index >= 15 is 0 Å². The van der Waals surface area contributed by atoms with Crippen LogP contribution in [0.4, 0.5) is 5.69 Å². The highest BCUT2D eigenvalue weighted by molar-refractivity contribution is 5.54. The normalized spacial score (nSPS) is 20.6. The highest BCUT2D eigenvalue weighted by Crippen LogP contribution is 2.24. The van der Waals surface area contributed by atoms with Crippen LogP contribution < -0.4 is 10.2 Å². The van der Waals surface area contributed by atoms with Crippen molar-refractivity contribution in [2.24, 2.45) is 0 Å². The highest BCUT2D eigenvalue weighted by Gasteiger charge is 2.21. The first-order valence-corrected chi connectivity index (χ1v) is 6.17. The maximum Gasteiger partial charge on any atom is 0.0668 e.